The third kappa shape index (κ3) is 5.78. The SMILES string of the molecule is Cn1c(C(=O)Nc2ccc(C#N)cc2-c2noc(=O)[nH]2)cc2ccc(NC(=O)c3ccc(OC(F)(F)F)cc3)cc21. The van der Waals surface area contributed by atoms with Crippen LogP contribution in [-0.2, 0) is 7.05 Å². The second-order valence-electron chi connectivity index (χ2n) is 8.66. The van der Waals surface area contributed by atoms with E-state index >= 15 is 0 Å². The molecular weight excluding hydrogens is 545 g/mol. The number of carbonyl (C=O) groups is 2. The fourth-order valence-electron chi connectivity index (χ4n) is 4.09. The molecule has 2 amide bonds. The van der Waals surface area contributed by atoms with Crippen molar-refractivity contribution < 1.29 is 32.0 Å². The van der Waals surface area contributed by atoms with Crippen LogP contribution in [0, 0.1) is 11.3 Å². The number of ether oxygens (including phenoxy) is 1. The number of nitrogens with one attached hydrogen (secondary N) is 3. The van der Waals surface area contributed by atoms with Gasteiger partial charge in [-0.3, -0.25) is 19.1 Å². The van der Waals surface area contributed by atoms with Crippen molar-refractivity contribution >= 4 is 34.1 Å². The molecule has 0 aliphatic heterocycles. The Morgan fingerprint density at radius 2 is 1.78 bits per heavy atom. The molecule has 14 heteroatoms. The molecule has 0 saturated carbocycles. The van der Waals surface area contributed by atoms with Gasteiger partial charge in [0.2, 0.25) is 0 Å². The van der Waals surface area contributed by atoms with E-state index < -0.39 is 29.7 Å². The number of anilines is 2. The van der Waals surface area contributed by atoms with Gasteiger partial charge in [0.15, 0.2) is 5.82 Å². The Kier molecular flexibility index (Phi) is 6.77. The molecule has 0 aliphatic rings. The zero-order chi connectivity index (χ0) is 29.3. The predicted molar refractivity (Wildman–Crippen MR) is 139 cm³/mol. The number of H-pyrrole nitrogens is 1. The van der Waals surface area contributed by atoms with Crippen LogP contribution in [0.2, 0.25) is 0 Å². The molecule has 0 radical (unpaired) electrons. The van der Waals surface area contributed by atoms with Crippen LogP contribution in [0.25, 0.3) is 22.3 Å². The van der Waals surface area contributed by atoms with Crippen molar-refractivity contribution in [2.75, 3.05) is 10.6 Å². The molecule has 5 rings (SSSR count). The third-order valence-electron chi connectivity index (χ3n) is 5.98. The van der Waals surface area contributed by atoms with E-state index in [9.17, 15) is 32.8 Å². The highest BCUT2D eigenvalue weighted by atomic mass is 19.4. The van der Waals surface area contributed by atoms with Crippen LogP contribution in [0.5, 0.6) is 5.75 Å². The number of rotatable bonds is 6. The van der Waals surface area contributed by atoms with E-state index in [-0.39, 0.29) is 33.9 Å². The number of fused-ring (bicyclic) bond motifs is 1. The number of aromatic amines is 1. The van der Waals surface area contributed by atoms with Crippen molar-refractivity contribution in [3.05, 3.63) is 94.1 Å². The van der Waals surface area contributed by atoms with Gasteiger partial charge >= 0.3 is 12.1 Å². The summed E-state index contributed by atoms with van der Waals surface area (Å²) < 4.78 is 47.1. The van der Waals surface area contributed by atoms with Crippen molar-refractivity contribution in [3.63, 3.8) is 0 Å². The second kappa shape index (κ2) is 10.4. The maximum Gasteiger partial charge on any atom is 0.573 e. The summed E-state index contributed by atoms with van der Waals surface area (Å²) in [5.41, 5.74) is 2.16. The Labute approximate surface area is 227 Å². The molecule has 5 aromatic rings. The van der Waals surface area contributed by atoms with Gasteiger partial charge in [0.25, 0.3) is 11.8 Å². The first kappa shape index (κ1) is 26.8. The minimum atomic E-state index is -4.84. The summed E-state index contributed by atoms with van der Waals surface area (Å²) in [7, 11) is 1.65. The summed E-state index contributed by atoms with van der Waals surface area (Å²) in [6.45, 7) is 0. The highest BCUT2D eigenvalue weighted by Gasteiger charge is 2.31. The molecule has 0 saturated heterocycles. The summed E-state index contributed by atoms with van der Waals surface area (Å²) in [6, 6.07) is 17.5. The number of nitriles is 1. The lowest BCUT2D eigenvalue weighted by Crippen LogP contribution is -2.17. The van der Waals surface area contributed by atoms with Crippen molar-refractivity contribution in [3.8, 4) is 23.2 Å². The maximum atomic E-state index is 13.2. The Balaban J connectivity index is 1.36. The number of hydrogen-bond acceptors (Lipinski definition) is 7. The van der Waals surface area contributed by atoms with Crippen LogP contribution in [0.1, 0.15) is 26.4 Å². The molecule has 0 unspecified atom stereocenters. The van der Waals surface area contributed by atoms with E-state index in [2.05, 4.69) is 30.0 Å². The lowest BCUT2D eigenvalue weighted by Gasteiger charge is -2.11. The fourth-order valence-corrected chi connectivity index (χ4v) is 4.09. The minimum Gasteiger partial charge on any atom is -0.406 e. The molecule has 3 N–H and O–H groups in total. The van der Waals surface area contributed by atoms with Crippen LogP contribution in [0.3, 0.4) is 0 Å². The molecule has 2 heterocycles. The third-order valence-corrected chi connectivity index (χ3v) is 5.98. The van der Waals surface area contributed by atoms with Gasteiger partial charge in [-0.05, 0) is 60.7 Å². The first-order valence-corrected chi connectivity index (χ1v) is 11.7. The number of aromatic nitrogens is 3. The number of halogens is 3. The quantitative estimate of drug-likeness (QED) is 0.269. The molecule has 41 heavy (non-hydrogen) atoms. The van der Waals surface area contributed by atoms with Gasteiger partial charge in [-0.2, -0.15) is 5.26 Å². The molecule has 0 bridgehead atoms. The van der Waals surface area contributed by atoms with Crippen LogP contribution in [0.4, 0.5) is 24.5 Å². The van der Waals surface area contributed by atoms with Gasteiger partial charge in [0.05, 0.1) is 22.8 Å². The Bertz CT molecular complexity index is 1900. The molecule has 11 nitrogen and oxygen atoms in total. The number of aryl methyl sites for hydroxylation is 1. The lowest BCUT2D eigenvalue weighted by atomic mass is 10.1. The van der Waals surface area contributed by atoms with Gasteiger partial charge < -0.3 is 19.9 Å². The average molecular weight is 562 g/mol. The van der Waals surface area contributed by atoms with E-state index in [0.717, 1.165) is 12.1 Å². The van der Waals surface area contributed by atoms with E-state index in [1.54, 1.807) is 35.9 Å². The normalized spacial score (nSPS) is 11.2. The summed E-state index contributed by atoms with van der Waals surface area (Å²) in [6.07, 6.45) is -4.84. The van der Waals surface area contributed by atoms with Crippen molar-refractivity contribution in [2.45, 2.75) is 6.36 Å². The minimum absolute atomic E-state index is 0.0299. The number of benzene rings is 3. The smallest absolute Gasteiger partial charge is 0.406 e. The first-order chi connectivity index (χ1) is 19.5. The maximum absolute atomic E-state index is 13.2. The summed E-state index contributed by atoms with van der Waals surface area (Å²) in [5, 5.41) is 19.0. The molecule has 206 valence electrons. The number of hydrogen-bond donors (Lipinski definition) is 3. The molecule has 0 aliphatic carbocycles. The zero-order valence-corrected chi connectivity index (χ0v) is 20.9. The first-order valence-electron chi connectivity index (χ1n) is 11.7. The van der Waals surface area contributed by atoms with Crippen LogP contribution in [-0.4, -0.2) is 32.9 Å². The van der Waals surface area contributed by atoms with Crippen molar-refractivity contribution in [1.82, 2.24) is 14.7 Å². The Morgan fingerprint density at radius 1 is 1.02 bits per heavy atom. The standard InChI is InChI=1S/C27H17F3N6O5/c1-36-21-12-17(32-24(37)15-4-7-18(8-5-15)40-27(28,29)30)6-3-16(21)11-22(36)25(38)33-20-9-2-14(13-31)10-19(20)23-34-26(39)41-35-23/h2-12H,1H3,(H,32,37)(H,33,38)(H,34,35,39). The second-order valence-corrected chi connectivity index (χ2v) is 8.66. The van der Waals surface area contributed by atoms with Gasteiger partial charge in [-0.25, -0.2) is 4.79 Å². The molecule has 0 fully saturated rings. The lowest BCUT2D eigenvalue weighted by molar-refractivity contribution is -0.274. The van der Waals surface area contributed by atoms with Gasteiger partial charge in [0, 0.05) is 29.2 Å². The highest BCUT2D eigenvalue weighted by molar-refractivity contribution is 6.09. The van der Waals surface area contributed by atoms with E-state index in [1.807, 2.05) is 6.07 Å². The monoisotopic (exact) mass is 562 g/mol. The Morgan fingerprint density at radius 3 is 2.44 bits per heavy atom. The summed E-state index contributed by atoms with van der Waals surface area (Å²) >= 11 is 0. The number of nitrogens with zero attached hydrogens (tertiary/aromatic N) is 3. The zero-order valence-electron chi connectivity index (χ0n) is 20.9. The van der Waals surface area contributed by atoms with Gasteiger partial charge in [0.1, 0.15) is 11.4 Å². The predicted octanol–water partition coefficient (Wildman–Crippen LogP) is 4.80. The van der Waals surface area contributed by atoms with E-state index in [4.69, 9.17) is 0 Å². The van der Waals surface area contributed by atoms with Crippen LogP contribution in [0.15, 0.2) is 76.0 Å². The van der Waals surface area contributed by atoms with Gasteiger partial charge in [-0.15, -0.1) is 13.2 Å². The largest absolute Gasteiger partial charge is 0.573 e. The fraction of sp³-hybridized carbons (Fsp3) is 0.0741. The van der Waals surface area contributed by atoms with Gasteiger partial charge in [-0.1, -0.05) is 11.2 Å². The summed E-state index contributed by atoms with van der Waals surface area (Å²) in [4.78, 5) is 39.7. The number of carbonyl (C=O) groups excluding carboxylic acids is 2. The van der Waals surface area contributed by atoms with Crippen LogP contribution >= 0.6 is 0 Å². The van der Waals surface area contributed by atoms with Crippen LogP contribution < -0.4 is 21.1 Å². The Hall–Kier alpha value is -5.84. The average Bonchev–Trinajstić information content (AvgIpc) is 3.51. The molecule has 3 aromatic carbocycles. The highest BCUT2D eigenvalue weighted by Crippen LogP contribution is 2.29. The van der Waals surface area contributed by atoms with E-state index in [0.29, 0.717) is 16.6 Å². The van der Waals surface area contributed by atoms with E-state index in [1.165, 1.54) is 30.3 Å². The molecule has 0 spiro atoms. The molecular formula is C27H17F3N6O5. The number of alkyl halides is 3. The molecule has 2 aromatic heterocycles. The topological polar surface area (TPSA) is 155 Å². The van der Waals surface area contributed by atoms with Crippen molar-refractivity contribution in [1.29, 1.82) is 5.26 Å². The molecule has 0 atom stereocenters. The van der Waals surface area contributed by atoms with Crippen molar-refractivity contribution in [2.24, 2.45) is 7.05 Å². The summed E-state index contributed by atoms with van der Waals surface area (Å²) in [5.74, 6) is -2.29. The number of amides is 2.